The maximum atomic E-state index is 13.2. The molecule has 2 aromatic carbocycles. The van der Waals surface area contributed by atoms with Crippen molar-refractivity contribution in [2.24, 2.45) is 11.7 Å². The number of aliphatic hydroxyl groups excluding tert-OH is 1. The van der Waals surface area contributed by atoms with Gasteiger partial charge in [-0.2, -0.15) is 0 Å². The molecule has 214 valence electrons. The van der Waals surface area contributed by atoms with E-state index >= 15 is 0 Å². The van der Waals surface area contributed by atoms with Gasteiger partial charge in [-0.1, -0.05) is 62.4 Å². The molecule has 1 heterocycles. The van der Waals surface area contributed by atoms with Crippen LogP contribution in [-0.2, 0) is 32.0 Å². The molecule has 0 fully saturated rings. The van der Waals surface area contributed by atoms with E-state index in [0.717, 1.165) is 16.5 Å². The third-order valence-electron chi connectivity index (χ3n) is 6.51. The minimum Gasteiger partial charge on any atom is -0.480 e. The van der Waals surface area contributed by atoms with Crippen LogP contribution in [0.2, 0.25) is 0 Å². The lowest BCUT2D eigenvalue weighted by molar-refractivity contribution is -0.142. The zero-order valence-corrected chi connectivity index (χ0v) is 22.6. The third kappa shape index (κ3) is 8.39. The van der Waals surface area contributed by atoms with E-state index in [1.807, 2.05) is 44.2 Å². The molecule has 8 N–H and O–H groups in total. The molecule has 11 nitrogen and oxygen atoms in total. The SMILES string of the molecule is CC(C)CC(N)C(=O)NC(Cc1ccccc1)C(=O)NC(CO)C(=O)NC(Cc1c[nH]c2ccccc12)C(=O)O. The second-order valence-corrected chi connectivity index (χ2v) is 10.2. The number of aromatic amines is 1. The van der Waals surface area contributed by atoms with Crippen LogP contribution in [0.25, 0.3) is 10.9 Å². The Kier molecular flexibility index (Phi) is 10.8. The molecular formula is C29H37N5O6. The molecule has 3 rings (SSSR count). The second-order valence-electron chi connectivity index (χ2n) is 10.2. The minimum absolute atomic E-state index is 0.0163. The summed E-state index contributed by atoms with van der Waals surface area (Å²) < 4.78 is 0. The molecule has 0 bridgehead atoms. The Morgan fingerprint density at radius 1 is 0.825 bits per heavy atom. The Labute approximate surface area is 232 Å². The molecule has 4 unspecified atom stereocenters. The van der Waals surface area contributed by atoms with Crippen LogP contribution >= 0.6 is 0 Å². The Hall–Kier alpha value is -4.22. The maximum Gasteiger partial charge on any atom is 0.326 e. The highest BCUT2D eigenvalue weighted by Crippen LogP contribution is 2.19. The Morgan fingerprint density at radius 3 is 2.08 bits per heavy atom. The summed E-state index contributed by atoms with van der Waals surface area (Å²) in [5.74, 6) is -3.21. The van der Waals surface area contributed by atoms with Crippen molar-refractivity contribution in [3.05, 3.63) is 71.9 Å². The summed E-state index contributed by atoms with van der Waals surface area (Å²) in [7, 11) is 0. The predicted octanol–water partition coefficient (Wildman–Crippen LogP) is 0.858. The fourth-order valence-electron chi connectivity index (χ4n) is 4.41. The number of nitrogens with two attached hydrogens (primary N) is 1. The molecule has 11 heteroatoms. The van der Waals surface area contributed by atoms with Crippen molar-refractivity contribution >= 4 is 34.6 Å². The van der Waals surface area contributed by atoms with Crippen LogP contribution in [0.3, 0.4) is 0 Å². The van der Waals surface area contributed by atoms with Crippen molar-refractivity contribution in [3.8, 4) is 0 Å². The Morgan fingerprint density at radius 2 is 1.43 bits per heavy atom. The number of aliphatic carboxylic acids is 1. The fourth-order valence-corrected chi connectivity index (χ4v) is 4.41. The second kappa shape index (κ2) is 14.2. The largest absolute Gasteiger partial charge is 0.480 e. The number of benzene rings is 2. The molecule has 1 aromatic heterocycles. The van der Waals surface area contributed by atoms with Gasteiger partial charge in [0.05, 0.1) is 12.6 Å². The summed E-state index contributed by atoms with van der Waals surface area (Å²) in [4.78, 5) is 54.0. The van der Waals surface area contributed by atoms with Gasteiger partial charge in [0.15, 0.2) is 0 Å². The van der Waals surface area contributed by atoms with Crippen LogP contribution in [-0.4, -0.2) is 69.7 Å². The molecule has 0 aliphatic carbocycles. The van der Waals surface area contributed by atoms with Gasteiger partial charge in [-0.15, -0.1) is 0 Å². The number of carboxylic acids is 1. The molecule has 3 amide bonds. The molecule has 0 radical (unpaired) electrons. The number of amides is 3. The number of carbonyl (C=O) groups excluding carboxylic acids is 3. The molecule has 4 atom stereocenters. The quantitative estimate of drug-likeness (QED) is 0.155. The van der Waals surface area contributed by atoms with E-state index in [4.69, 9.17) is 5.73 Å². The molecule has 0 saturated carbocycles. The van der Waals surface area contributed by atoms with Crippen molar-refractivity contribution in [1.82, 2.24) is 20.9 Å². The van der Waals surface area contributed by atoms with Gasteiger partial charge in [-0.3, -0.25) is 14.4 Å². The highest BCUT2D eigenvalue weighted by molar-refractivity contribution is 5.94. The van der Waals surface area contributed by atoms with E-state index in [-0.39, 0.29) is 18.8 Å². The average molecular weight is 552 g/mol. The Balaban J connectivity index is 1.71. The first-order valence-electron chi connectivity index (χ1n) is 13.2. The highest BCUT2D eigenvalue weighted by Gasteiger charge is 2.30. The van der Waals surface area contributed by atoms with Crippen LogP contribution in [0.4, 0.5) is 0 Å². The number of para-hydroxylation sites is 1. The normalized spacial score (nSPS) is 14.2. The van der Waals surface area contributed by atoms with Gasteiger partial charge in [0.1, 0.15) is 18.1 Å². The molecule has 0 aliphatic heterocycles. The zero-order chi connectivity index (χ0) is 29.2. The van der Waals surface area contributed by atoms with Gasteiger partial charge in [-0.05, 0) is 29.5 Å². The van der Waals surface area contributed by atoms with Gasteiger partial charge < -0.3 is 36.9 Å². The number of aliphatic hydroxyl groups is 1. The van der Waals surface area contributed by atoms with E-state index in [2.05, 4.69) is 20.9 Å². The number of nitrogens with one attached hydrogen (secondary N) is 4. The summed E-state index contributed by atoms with van der Waals surface area (Å²) in [6.07, 6.45) is 2.20. The lowest BCUT2D eigenvalue weighted by Gasteiger charge is -2.25. The predicted molar refractivity (Wildman–Crippen MR) is 150 cm³/mol. The summed E-state index contributed by atoms with van der Waals surface area (Å²) in [5, 5.41) is 28.0. The van der Waals surface area contributed by atoms with Gasteiger partial charge in [-0.25, -0.2) is 4.79 Å². The van der Waals surface area contributed by atoms with Crippen LogP contribution in [0.15, 0.2) is 60.8 Å². The first kappa shape index (κ1) is 30.3. The number of hydrogen-bond acceptors (Lipinski definition) is 6. The molecule has 0 saturated heterocycles. The van der Waals surface area contributed by atoms with Gasteiger partial charge in [0.25, 0.3) is 0 Å². The van der Waals surface area contributed by atoms with Crippen molar-refractivity contribution in [2.45, 2.75) is 57.3 Å². The number of fused-ring (bicyclic) bond motifs is 1. The van der Waals surface area contributed by atoms with Gasteiger partial charge in [0.2, 0.25) is 17.7 Å². The summed E-state index contributed by atoms with van der Waals surface area (Å²) in [6.45, 7) is 3.07. The lowest BCUT2D eigenvalue weighted by Crippen LogP contribution is -2.58. The number of rotatable bonds is 14. The van der Waals surface area contributed by atoms with Crippen molar-refractivity contribution in [3.63, 3.8) is 0 Å². The number of carbonyl (C=O) groups is 4. The fraction of sp³-hybridized carbons (Fsp3) is 0.379. The van der Waals surface area contributed by atoms with Gasteiger partial charge >= 0.3 is 5.97 Å². The van der Waals surface area contributed by atoms with Crippen LogP contribution in [0, 0.1) is 5.92 Å². The van der Waals surface area contributed by atoms with Crippen molar-refractivity contribution in [1.29, 1.82) is 0 Å². The van der Waals surface area contributed by atoms with Crippen LogP contribution in [0.1, 0.15) is 31.4 Å². The summed E-state index contributed by atoms with van der Waals surface area (Å²) in [6, 6.07) is 11.7. The zero-order valence-electron chi connectivity index (χ0n) is 22.6. The summed E-state index contributed by atoms with van der Waals surface area (Å²) >= 11 is 0. The van der Waals surface area contributed by atoms with Crippen molar-refractivity contribution in [2.75, 3.05) is 6.61 Å². The average Bonchev–Trinajstić information content (AvgIpc) is 3.33. The first-order chi connectivity index (χ1) is 19.1. The molecular weight excluding hydrogens is 514 g/mol. The topological polar surface area (TPSA) is 187 Å². The van der Waals surface area contributed by atoms with E-state index in [1.54, 1.807) is 30.5 Å². The van der Waals surface area contributed by atoms with E-state index in [9.17, 15) is 29.4 Å². The molecule has 0 spiro atoms. The van der Waals surface area contributed by atoms with E-state index in [1.165, 1.54) is 0 Å². The standard InChI is InChI=1S/C29H37N5O6/c1-17(2)12-21(30)26(36)32-23(13-18-8-4-3-5-9-18)27(37)34-25(16-35)28(38)33-24(29(39)40)14-19-15-31-22-11-7-6-10-20(19)22/h3-11,15,17,21,23-25,31,35H,12-14,16,30H2,1-2H3,(H,32,36)(H,33,38)(H,34,37)(H,39,40). The summed E-state index contributed by atoms with van der Waals surface area (Å²) in [5.41, 5.74) is 8.28. The lowest BCUT2D eigenvalue weighted by atomic mass is 10.0. The number of H-pyrrole nitrogens is 1. The number of aromatic nitrogens is 1. The first-order valence-corrected chi connectivity index (χ1v) is 13.2. The van der Waals surface area contributed by atoms with E-state index < -0.39 is 54.5 Å². The molecule has 0 aliphatic rings. The highest BCUT2D eigenvalue weighted by atomic mass is 16.4. The maximum absolute atomic E-state index is 13.2. The third-order valence-corrected chi connectivity index (χ3v) is 6.51. The minimum atomic E-state index is -1.45. The smallest absolute Gasteiger partial charge is 0.326 e. The van der Waals surface area contributed by atoms with Crippen LogP contribution in [0.5, 0.6) is 0 Å². The monoisotopic (exact) mass is 551 g/mol. The Bertz CT molecular complexity index is 1310. The number of carboxylic acid groups (broad SMARTS) is 1. The molecule has 3 aromatic rings. The molecule has 40 heavy (non-hydrogen) atoms. The van der Waals surface area contributed by atoms with E-state index in [0.29, 0.717) is 12.0 Å². The number of hydrogen-bond donors (Lipinski definition) is 7. The van der Waals surface area contributed by atoms with Crippen LogP contribution < -0.4 is 21.7 Å². The van der Waals surface area contributed by atoms with Crippen molar-refractivity contribution < 1.29 is 29.4 Å². The van der Waals surface area contributed by atoms with Gasteiger partial charge in [0, 0.05) is 29.9 Å².